The number of aliphatic hydroxyl groups is 1. The molecular weight excluding hydrogens is 434 g/mol. The molecule has 4 rings (SSSR count). The SMILES string of the molecule is Cc1ccc(S(=O)(=O)O[C@H]2CCC[C@@H](N(Cc3ccccc3)Cc3ccccc3)[C@@H]2O)cc1. The molecule has 0 bridgehead atoms. The molecule has 5 nitrogen and oxygen atoms in total. The van der Waals surface area contributed by atoms with Crippen LogP contribution in [0, 0.1) is 6.92 Å². The van der Waals surface area contributed by atoms with Gasteiger partial charge in [-0.2, -0.15) is 8.42 Å². The van der Waals surface area contributed by atoms with Gasteiger partial charge >= 0.3 is 0 Å². The monoisotopic (exact) mass is 465 g/mol. The van der Waals surface area contributed by atoms with Gasteiger partial charge in [0.2, 0.25) is 0 Å². The molecule has 1 saturated carbocycles. The third-order valence-electron chi connectivity index (χ3n) is 6.25. The van der Waals surface area contributed by atoms with Gasteiger partial charge in [0, 0.05) is 19.1 Å². The lowest BCUT2D eigenvalue weighted by Gasteiger charge is -2.41. The number of hydrogen-bond donors (Lipinski definition) is 1. The second-order valence-corrected chi connectivity index (χ2v) is 10.3. The fourth-order valence-electron chi connectivity index (χ4n) is 4.47. The van der Waals surface area contributed by atoms with Crippen LogP contribution in [0.1, 0.15) is 36.0 Å². The van der Waals surface area contributed by atoms with Gasteiger partial charge in [0.1, 0.15) is 6.10 Å². The zero-order chi connectivity index (χ0) is 23.3. The molecule has 1 aliphatic rings. The minimum Gasteiger partial charge on any atom is -0.389 e. The van der Waals surface area contributed by atoms with Gasteiger partial charge in [-0.3, -0.25) is 9.08 Å². The van der Waals surface area contributed by atoms with Crippen molar-refractivity contribution in [3.63, 3.8) is 0 Å². The summed E-state index contributed by atoms with van der Waals surface area (Å²) < 4.78 is 31.3. The first-order chi connectivity index (χ1) is 15.9. The predicted molar refractivity (Wildman–Crippen MR) is 129 cm³/mol. The van der Waals surface area contributed by atoms with Crippen LogP contribution < -0.4 is 0 Å². The van der Waals surface area contributed by atoms with E-state index in [1.54, 1.807) is 24.3 Å². The van der Waals surface area contributed by atoms with Crippen molar-refractivity contribution in [3.05, 3.63) is 102 Å². The molecule has 0 saturated heterocycles. The van der Waals surface area contributed by atoms with E-state index in [1.165, 1.54) is 0 Å². The van der Waals surface area contributed by atoms with Crippen molar-refractivity contribution in [2.75, 3.05) is 0 Å². The van der Waals surface area contributed by atoms with Crippen LogP contribution in [0.2, 0.25) is 0 Å². The molecule has 3 aromatic carbocycles. The van der Waals surface area contributed by atoms with Crippen molar-refractivity contribution in [1.82, 2.24) is 4.90 Å². The van der Waals surface area contributed by atoms with Gasteiger partial charge in [-0.25, -0.2) is 0 Å². The summed E-state index contributed by atoms with van der Waals surface area (Å²) in [5.74, 6) is 0. The van der Waals surface area contributed by atoms with Crippen molar-refractivity contribution in [2.24, 2.45) is 0 Å². The lowest BCUT2D eigenvalue weighted by molar-refractivity contribution is -0.0562. The summed E-state index contributed by atoms with van der Waals surface area (Å²) in [5, 5.41) is 11.3. The van der Waals surface area contributed by atoms with Gasteiger partial charge in [0.25, 0.3) is 10.1 Å². The largest absolute Gasteiger partial charge is 0.389 e. The van der Waals surface area contributed by atoms with Crippen LogP contribution in [0.4, 0.5) is 0 Å². The first-order valence-electron chi connectivity index (χ1n) is 11.4. The molecule has 0 aliphatic heterocycles. The lowest BCUT2D eigenvalue weighted by atomic mass is 9.88. The summed E-state index contributed by atoms with van der Waals surface area (Å²) in [6, 6.07) is 26.7. The van der Waals surface area contributed by atoms with Gasteiger partial charge in [-0.15, -0.1) is 0 Å². The quantitative estimate of drug-likeness (QED) is 0.489. The number of benzene rings is 3. The molecule has 33 heavy (non-hydrogen) atoms. The summed E-state index contributed by atoms with van der Waals surface area (Å²) >= 11 is 0. The fourth-order valence-corrected chi connectivity index (χ4v) is 5.59. The maximum atomic E-state index is 12.9. The maximum absolute atomic E-state index is 12.9. The van der Waals surface area contributed by atoms with E-state index in [1.807, 2.05) is 43.3 Å². The van der Waals surface area contributed by atoms with Gasteiger partial charge in [-0.1, -0.05) is 78.4 Å². The molecule has 0 unspecified atom stereocenters. The molecule has 0 heterocycles. The first-order valence-corrected chi connectivity index (χ1v) is 12.8. The average Bonchev–Trinajstić information content (AvgIpc) is 2.82. The number of aliphatic hydroxyl groups excluding tert-OH is 1. The van der Waals surface area contributed by atoms with Crippen molar-refractivity contribution < 1.29 is 17.7 Å². The second kappa shape index (κ2) is 10.6. The minimum atomic E-state index is -3.95. The summed E-state index contributed by atoms with van der Waals surface area (Å²) in [4.78, 5) is 2.36. The van der Waals surface area contributed by atoms with Crippen LogP contribution in [0.5, 0.6) is 0 Å². The van der Waals surface area contributed by atoms with Crippen LogP contribution >= 0.6 is 0 Å². The normalized spacial score (nSPS) is 21.2. The van der Waals surface area contributed by atoms with E-state index in [2.05, 4.69) is 29.2 Å². The zero-order valence-electron chi connectivity index (χ0n) is 18.9. The van der Waals surface area contributed by atoms with Crippen LogP contribution in [0.3, 0.4) is 0 Å². The molecule has 174 valence electrons. The number of aryl methyl sites for hydroxylation is 1. The molecular formula is C27H31NO4S. The Morgan fingerprint density at radius 1 is 0.848 bits per heavy atom. The average molecular weight is 466 g/mol. The molecule has 3 atom stereocenters. The van der Waals surface area contributed by atoms with Crippen LogP contribution in [0.25, 0.3) is 0 Å². The Hall–Kier alpha value is -2.51. The van der Waals surface area contributed by atoms with Crippen LogP contribution in [-0.4, -0.2) is 36.7 Å². The van der Waals surface area contributed by atoms with Gasteiger partial charge < -0.3 is 5.11 Å². The van der Waals surface area contributed by atoms with E-state index in [0.29, 0.717) is 19.5 Å². The second-order valence-electron chi connectivity index (χ2n) is 8.77. The number of rotatable bonds is 8. The van der Waals surface area contributed by atoms with Gasteiger partial charge in [-0.05, 0) is 49.4 Å². The summed E-state index contributed by atoms with van der Waals surface area (Å²) in [7, 11) is -3.95. The highest BCUT2D eigenvalue weighted by atomic mass is 32.2. The third-order valence-corrected chi connectivity index (χ3v) is 7.60. The Bertz CT molecular complexity index is 1080. The van der Waals surface area contributed by atoms with Gasteiger partial charge in [0.05, 0.1) is 11.0 Å². The fraction of sp³-hybridized carbons (Fsp3) is 0.333. The van der Waals surface area contributed by atoms with E-state index in [-0.39, 0.29) is 10.9 Å². The standard InChI is InChI=1S/C27H31NO4S/c1-21-15-17-24(18-16-21)33(30,31)32-26-14-8-13-25(27(26)29)28(19-22-9-4-2-5-10-22)20-23-11-6-3-7-12-23/h2-7,9-12,15-18,25-27,29H,8,13-14,19-20H2,1H3/t25-,26+,27+/m1/s1. The Morgan fingerprint density at radius 2 is 1.39 bits per heavy atom. The van der Waals surface area contributed by atoms with E-state index in [9.17, 15) is 13.5 Å². The highest BCUT2D eigenvalue weighted by molar-refractivity contribution is 7.86. The van der Waals surface area contributed by atoms with Crippen molar-refractivity contribution in [1.29, 1.82) is 0 Å². The van der Waals surface area contributed by atoms with Crippen LogP contribution in [-0.2, 0) is 27.4 Å². The molecule has 0 spiro atoms. The Labute approximate surface area is 196 Å². The molecule has 0 aromatic heterocycles. The third kappa shape index (κ3) is 6.09. The highest BCUT2D eigenvalue weighted by Gasteiger charge is 2.39. The van der Waals surface area contributed by atoms with E-state index in [0.717, 1.165) is 29.5 Å². The molecule has 6 heteroatoms. The topological polar surface area (TPSA) is 66.8 Å². The first kappa shape index (κ1) is 23.6. The van der Waals surface area contributed by atoms with E-state index >= 15 is 0 Å². The van der Waals surface area contributed by atoms with E-state index < -0.39 is 22.3 Å². The Balaban J connectivity index is 1.54. The van der Waals surface area contributed by atoms with Gasteiger partial charge in [0.15, 0.2) is 0 Å². The Morgan fingerprint density at radius 3 is 1.94 bits per heavy atom. The molecule has 3 aromatic rings. The zero-order valence-corrected chi connectivity index (χ0v) is 19.7. The molecule has 1 fully saturated rings. The number of nitrogens with zero attached hydrogens (tertiary/aromatic N) is 1. The lowest BCUT2D eigenvalue weighted by Crippen LogP contribution is -2.51. The van der Waals surface area contributed by atoms with Crippen molar-refractivity contribution in [2.45, 2.75) is 62.4 Å². The smallest absolute Gasteiger partial charge is 0.297 e. The maximum Gasteiger partial charge on any atom is 0.297 e. The number of hydrogen-bond acceptors (Lipinski definition) is 5. The van der Waals surface area contributed by atoms with E-state index in [4.69, 9.17) is 4.18 Å². The molecule has 1 aliphatic carbocycles. The minimum absolute atomic E-state index is 0.118. The highest BCUT2D eigenvalue weighted by Crippen LogP contribution is 2.30. The molecule has 1 N–H and O–H groups in total. The van der Waals surface area contributed by atoms with Crippen molar-refractivity contribution >= 4 is 10.1 Å². The summed E-state index contributed by atoms with van der Waals surface area (Å²) in [6.45, 7) is 3.23. The van der Waals surface area contributed by atoms with Crippen LogP contribution in [0.15, 0.2) is 89.8 Å². The summed E-state index contributed by atoms with van der Waals surface area (Å²) in [5.41, 5.74) is 3.27. The molecule has 0 amide bonds. The van der Waals surface area contributed by atoms with Crippen molar-refractivity contribution in [3.8, 4) is 0 Å². The predicted octanol–water partition coefficient (Wildman–Crippen LogP) is 4.68. The Kier molecular flexibility index (Phi) is 7.60. The molecule has 0 radical (unpaired) electrons. The summed E-state index contributed by atoms with van der Waals surface area (Å²) in [6.07, 6.45) is 0.393.